The van der Waals surface area contributed by atoms with Crippen LogP contribution in [0.1, 0.15) is 12.0 Å². The molecule has 10 heteroatoms. The van der Waals surface area contributed by atoms with Crippen molar-refractivity contribution in [2.75, 3.05) is 39.9 Å². The highest BCUT2D eigenvalue weighted by Crippen LogP contribution is 2.29. The van der Waals surface area contributed by atoms with E-state index < -0.39 is 34.8 Å². The summed E-state index contributed by atoms with van der Waals surface area (Å²) in [6.45, 7) is 3.08. The van der Waals surface area contributed by atoms with E-state index >= 15 is 0 Å². The normalized spacial score (nSPS) is 18.3. The smallest absolute Gasteiger partial charge is 0.383 e. The number of amides is 1. The predicted octanol–water partition coefficient (Wildman–Crippen LogP) is 1.60. The summed E-state index contributed by atoms with van der Waals surface area (Å²) in [6.07, 6.45) is -3.12. The third-order valence-corrected chi connectivity index (χ3v) is 4.52. The number of alkyl halides is 3. The molecule has 1 aliphatic heterocycles. The Balaban J connectivity index is 1.90. The number of hydrogen-bond acceptors (Lipinski definition) is 4. The standard InChI is InChI=1S/C16H21ClF3N3O3/c1-26-5-4-22-3-2-11(8-22)7-21-14(24)10-23-9-12(16(18,19)20)6-13(17)15(23)25/h6,9,11H,2-5,7-8,10H2,1H3,(H,21,24)/t11-/m0/s1. The van der Waals surface area contributed by atoms with Crippen molar-refractivity contribution in [2.24, 2.45) is 5.92 Å². The Hall–Kier alpha value is -1.58. The summed E-state index contributed by atoms with van der Waals surface area (Å²) in [6, 6.07) is 0.561. The molecule has 1 N–H and O–H groups in total. The first-order valence-electron chi connectivity index (χ1n) is 8.16. The van der Waals surface area contributed by atoms with Gasteiger partial charge in [-0.1, -0.05) is 11.6 Å². The van der Waals surface area contributed by atoms with E-state index in [1.165, 1.54) is 0 Å². The van der Waals surface area contributed by atoms with E-state index in [1.54, 1.807) is 7.11 Å². The molecule has 0 saturated carbocycles. The summed E-state index contributed by atoms with van der Waals surface area (Å²) in [5, 5.41) is 2.10. The maximum Gasteiger partial charge on any atom is 0.417 e. The molecule has 26 heavy (non-hydrogen) atoms. The number of likely N-dealkylation sites (tertiary alicyclic amines) is 1. The summed E-state index contributed by atoms with van der Waals surface area (Å²) in [5.41, 5.74) is -1.90. The molecule has 1 atom stereocenters. The second-order valence-electron chi connectivity index (χ2n) is 6.26. The molecular weight excluding hydrogens is 375 g/mol. The monoisotopic (exact) mass is 395 g/mol. The van der Waals surface area contributed by atoms with Gasteiger partial charge in [0.15, 0.2) is 0 Å². The fraction of sp³-hybridized carbons (Fsp3) is 0.625. The zero-order chi connectivity index (χ0) is 19.3. The number of ether oxygens (including phenoxy) is 1. The molecular formula is C16H21ClF3N3O3. The summed E-state index contributed by atoms with van der Waals surface area (Å²) in [4.78, 5) is 26.1. The summed E-state index contributed by atoms with van der Waals surface area (Å²) >= 11 is 5.57. The van der Waals surface area contributed by atoms with E-state index in [0.717, 1.165) is 26.1 Å². The van der Waals surface area contributed by atoms with Crippen LogP contribution in [0.4, 0.5) is 13.2 Å². The van der Waals surface area contributed by atoms with Crippen LogP contribution in [-0.4, -0.2) is 55.3 Å². The van der Waals surface area contributed by atoms with Crippen molar-refractivity contribution in [3.05, 3.63) is 33.2 Å². The number of carbonyl (C=O) groups excluding carboxylic acids is 1. The SMILES string of the molecule is COCCN1CC[C@@H](CNC(=O)Cn2cc(C(F)(F)F)cc(Cl)c2=O)C1. The summed E-state index contributed by atoms with van der Waals surface area (Å²) < 4.78 is 44.1. The average Bonchev–Trinajstić information content (AvgIpc) is 3.02. The first kappa shape index (κ1) is 20.7. The van der Waals surface area contributed by atoms with Gasteiger partial charge in [-0.05, 0) is 24.9 Å². The van der Waals surface area contributed by atoms with Gasteiger partial charge in [-0.15, -0.1) is 0 Å². The number of carbonyl (C=O) groups is 1. The molecule has 1 fully saturated rings. The Morgan fingerprint density at radius 2 is 2.19 bits per heavy atom. The number of rotatable bonds is 7. The van der Waals surface area contributed by atoms with Crippen molar-refractivity contribution < 1.29 is 22.7 Å². The molecule has 0 unspecified atom stereocenters. The average molecular weight is 396 g/mol. The van der Waals surface area contributed by atoms with E-state index in [-0.39, 0.29) is 5.92 Å². The van der Waals surface area contributed by atoms with Crippen LogP contribution in [0.15, 0.2) is 17.1 Å². The lowest BCUT2D eigenvalue weighted by Gasteiger charge is -2.16. The van der Waals surface area contributed by atoms with Crippen molar-refractivity contribution in [1.29, 1.82) is 0 Å². The Morgan fingerprint density at radius 3 is 2.85 bits per heavy atom. The fourth-order valence-corrected chi connectivity index (χ4v) is 3.07. The lowest BCUT2D eigenvalue weighted by molar-refractivity contribution is -0.138. The summed E-state index contributed by atoms with van der Waals surface area (Å²) in [7, 11) is 1.63. The van der Waals surface area contributed by atoms with E-state index in [2.05, 4.69) is 10.2 Å². The lowest BCUT2D eigenvalue weighted by Crippen LogP contribution is -2.36. The van der Waals surface area contributed by atoms with Gasteiger partial charge in [0.1, 0.15) is 11.6 Å². The molecule has 0 aromatic carbocycles. The minimum Gasteiger partial charge on any atom is -0.383 e. The molecule has 0 radical (unpaired) electrons. The van der Waals surface area contributed by atoms with Crippen LogP contribution in [0, 0.1) is 5.92 Å². The molecule has 6 nitrogen and oxygen atoms in total. The Kier molecular flexibility index (Phi) is 7.08. The van der Waals surface area contributed by atoms with Crippen LogP contribution in [0.3, 0.4) is 0 Å². The van der Waals surface area contributed by atoms with E-state index in [4.69, 9.17) is 16.3 Å². The largest absolute Gasteiger partial charge is 0.417 e. The quantitative estimate of drug-likeness (QED) is 0.762. The fourth-order valence-electron chi connectivity index (χ4n) is 2.84. The lowest BCUT2D eigenvalue weighted by atomic mass is 10.1. The van der Waals surface area contributed by atoms with Crippen LogP contribution in [0.25, 0.3) is 0 Å². The van der Waals surface area contributed by atoms with Gasteiger partial charge in [0.25, 0.3) is 5.56 Å². The molecule has 2 rings (SSSR count). The number of nitrogens with zero attached hydrogens (tertiary/aromatic N) is 2. The second kappa shape index (κ2) is 8.88. The zero-order valence-corrected chi connectivity index (χ0v) is 15.1. The predicted molar refractivity (Wildman–Crippen MR) is 90.1 cm³/mol. The van der Waals surface area contributed by atoms with Crippen LogP contribution in [0.2, 0.25) is 5.02 Å². The highest BCUT2D eigenvalue weighted by molar-refractivity contribution is 6.30. The van der Waals surface area contributed by atoms with Crippen molar-refractivity contribution in [3.8, 4) is 0 Å². The maximum atomic E-state index is 12.8. The molecule has 1 aromatic rings. The molecule has 1 aliphatic rings. The van der Waals surface area contributed by atoms with Gasteiger partial charge in [0, 0.05) is 32.9 Å². The Morgan fingerprint density at radius 1 is 1.46 bits per heavy atom. The molecule has 0 spiro atoms. The first-order chi connectivity index (χ1) is 12.2. The van der Waals surface area contributed by atoms with Crippen molar-refractivity contribution >= 4 is 17.5 Å². The topological polar surface area (TPSA) is 63.6 Å². The molecule has 1 saturated heterocycles. The number of halogens is 4. The van der Waals surface area contributed by atoms with Crippen molar-refractivity contribution in [2.45, 2.75) is 19.1 Å². The third kappa shape index (κ3) is 5.72. The highest BCUT2D eigenvalue weighted by atomic mass is 35.5. The van der Waals surface area contributed by atoms with Gasteiger partial charge in [0.05, 0.1) is 12.2 Å². The van der Waals surface area contributed by atoms with Gasteiger partial charge < -0.3 is 19.5 Å². The number of hydrogen-bond donors (Lipinski definition) is 1. The summed E-state index contributed by atoms with van der Waals surface area (Å²) in [5.74, 6) is -0.268. The van der Waals surface area contributed by atoms with E-state index in [1.807, 2.05) is 0 Å². The van der Waals surface area contributed by atoms with Crippen LogP contribution in [-0.2, 0) is 22.3 Å². The molecule has 2 heterocycles. The van der Waals surface area contributed by atoms with Crippen molar-refractivity contribution in [3.63, 3.8) is 0 Å². The number of aromatic nitrogens is 1. The van der Waals surface area contributed by atoms with Gasteiger partial charge >= 0.3 is 6.18 Å². The Bertz CT molecular complexity index is 694. The van der Waals surface area contributed by atoms with Crippen LogP contribution >= 0.6 is 11.6 Å². The molecule has 1 aromatic heterocycles. The minimum atomic E-state index is -4.65. The van der Waals surface area contributed by atoms with Gasteiger partial charge in [-0.2, -0.15) is 13.2 Å². The highest BCUT2D eigenvalue weighted by Gasteiger charge is 2.32. The number of methoxy groups -OCH3 is 1. The van der Waals surface area contributed by atoms with Crippen molar-refractivity contribution in [1.82, 2.24) is 14.8 Å². The second-order valence-corrected chi connectivity index (χ2v) is 6.67. The molecule has 146 valence electrons. The van der Waals surface area contributed by atoms with E-state index in [0.29, 0.717) is 30.0 Å². The van der Waals surface area contributed by atoms with Crippen LogP contribution < -0.4 is 10.9 Å². The zero-order valence-electron chi connectivity index (χ0n) is 14.3. The van der Waals surface area contributed by atoms with E-state index in [9.17, 15) is 22.8 Å². The Labute approximate surface area is 153 Å². The van der Waals surface area contributed by atoms with Gasteiger partial charge in [0.2, 0.25) is 5.91 Å². The first-order valence-corrected chi connectivity index (χ1v) is 8.53. The minimum absolute atomic E-state index is 0.262. The molecule has 0 aliphatic carbocycles. The van der Waals surface area contributed by atoms with Crippen LogP contribution in [0.5, 0.6) is 0 Å². The number of pyridine rings is 1. The van der Waals surface area contributed by atoms with Gasteiger partial charge in [-0.3, -0.25) is 9.59 Å². The van der Waals surface area contributed by atoms with Gasteiger partial charge in [-0.25, -0.2) is 0 Å². The number of nitrogens with one attached hydrogen (secondary N) is 1. The molecule has 1 amide bonds. The third-order valence-electron chi connectivity index (χ3n) is 4.25. The molecule has 0 bridgehead atoms. The maximum absolute atomic E-state index is 12.8.